The highest BCUT2D eigenvalue weighted by Crippen LogP contribution is 2.22. The number of hydrogen-bond donors (Lipinski definition) is 0. The molecule has 0 radical (unpaired) electrons. The third-order valence-corrected chi connectivity index (χ3v) is 3.49. The van der Waals surface area contributed by atoms with Crippen molar-refractivity contribution in [1.82, 2.24) is 9.97 Å². The number of hydrogen-bond acceptors (Lipinski definition) is 3. The first kappa shape index (κ1) is 13.8. The highest BCUT2D eigenvalue weighted by atomic mass is 35.5. The molecule has 0 bridgehead atoms. The molecule has 1 aromatic heterocycles. The van der Waals surface area contributed by atoms with Gasteiger partial charge in [0.2, 0.25) is 0 Å². The smallest absolute Gasteiger partial charge is 0.137 e. The van der Waals surface area contributed by atoms with Crippen molar-refractivity contribution >= 4 is 17.4 Å². The Bertz CT molecular complexity index is 528. The van der Waals surface area contributed by atoms with Gasteiger partial charge in [-0.25, -0.2) is 9.97 Å². The molecule has 0 N–H and O–H groups in total. The van der Waals surface area contributed by atoms with Gasteiger partial charge in [-0.2, -0.15) is 0 Å². The summed E-state index contributed by atoms with van der Waals surface area (Å²) in [6.45, 7) is 2.98. The second kappa shape index (κ2) is 6.53. The molecule has 0 aliphatic carbocycles. The molecular formula is C15H18ClN3. The van der Waals surface area contributed by atoms with Crippen molar-refractivity contribution in [3.8, 4) is 0 Å². The molecular weight excluding hydrogens is 258 g/mol. The van der Waals surface area contributed by atoms with E-state index < -0.39 is 0 Å². The molecule has 3 nitrogen and oxygen atoms in total. The van der Waals surface area contributed by atoms with Crippen molar-refractivity contribution in [3.63, 3.8) is 0 Å². The van der Waals surface area contributed by atoms with Crippen LogP contribution in [0.4, 0.5) is 5.82 Å². The minimum absolute atomic E-state index is 0.555. The zero-order valence-electron chi connectivity index (χ0n) is 11.3. The number of nitrogens with zero attached hydrogens (tertiary/aromatic N) is 3. The first-order valence-corrected chi connectivity index (χ1v) is 6.84. The third-order valence-electron chi connectivity index (χ3n) is 3.16. The molecule has 100 valence electrons. The van der Waals surface area contributed by atoms with Gasteiger partial charge in [0.05, 0.1) is 0 Å². The fourth-order valence-electron chi connectivity index (χ4n) is 2.06. The van der Waals surface area contributed by atoms with Gasteiger partial charge >= 0.3 is 0 Å². The predicted molar refractivity (Wildman–Crippen MR) is 79.8 cm³/mol. The van der Waals surface area contributed by atoms with E-state index in [9.17, 15) is 0 Å². The zero-order valence-corrected chi connectivity index (χ0v) is 12.1. The second-order valence-corrected chi connectivity index (χ2v) is 4.84. The molecule has 2 rings (SSSR count). The van der Waals surface area contributed by atoms with Crippen LogP contribution < -0.4 is 4.90 Å². The van der Waals surface area contributed by atoms with E-state index in [4.69, 9.17) is 11.6 Å². The molecule has 0 atom stereocenters. The van der Waals surface area contributed by atoms with Crippen molar-refractivity contribution in [2.75, 3.05) is 18.5 Å². The number of anilines is 1. The molecule has 0 aliphatic rings. The topological polar surface area (TPSA) is 29.0 Å². The molecule has 0 unspecified atom stereocenters. The van der Waals surface area contributed by atoms with E-state index in [0.29, 0.717) is 5.15 Å². The summed E-state index contributed by atoms with van der Waals surface area (Å²) in [7, 11) is 2.04. The lowest BCUT2D eigenvalue weighted by atomic mass is 10.1. The van der Waals surface area contributed by atoms with E-state index in [2.05, 4.69) is 46.1 Å². The maximum atomic E-state index is 6.11. The van der Waals surface area contributed by atoms with E-state index in [1.165, 1.54) is 11.9 Å². The van der Waals surface area contributed by atoms with Crippen LogP contribution in [0.3, 0.4) is 0 Å². The molecule has 19 heavy (non-hydrogen) atoms. The van der Waals surface area contributed by atoms with Gasteiger partial charge in [-0.15, -0.1) is 0 Å². The van der Waals surface area contributed by atoms with Gasteiger partial charge in [-0.3, -0.25) is 0 Å². The maximum Gasteiger partial charge on any atom is 0.137 e. The van der Waals surface area contributed by atoms with Crippen molar-refractivity contribution in [3.05, 3.63) is 52.9 Å². The molecule has 0 saturated carbocycles. The Kier molecular flexibility index (Phi) is 4.74. The van der Waals surface area contributed by atoms with E-state index in [1.807, 2.05) is 13.1 Å². The summed E-state index contributed by atoms with van der Waals surface area (Å²) in [5.74, 6) is 0.929. The Morgan fingerprint density at radius 2 is 1.89 bits per heavy atom. The molecule has 2 aromatic rings. The van der Waals surface area contributed by atoms with Gasteiger partial charge in [0.1, 0.15) is 17.3 Å². The molecule has 0 fully saturated rings. The highest BCUT2D eigenvalue weighted by molar-refractivity contribution is 6.30. The highest BCUT2D eigenvalue weighted by Gasteiger charge is 2.11. The summed E-state index contributed by atoms with van der Waals surface area (Å²) in [5.41, 5.74) is 2.34. The predicted octanol–water partition coefficient (Wildman–Crippen LogP) is 3.37. The average Bonchev–Trinajstić information content (AvgIpc) is 2.45. The molecule has 0 aliphatic heterocycles. The van der Waals surface area contributed by atoms with Gasteiger partial charge < -0.3 is 4.90 Å². The fourth-order valence-corrected chi connectivity index (χ4v) is 2.32. The lowest BCUT2D eigenvalue weighted by Crippen LogP contribution is -2.23. The molecule has 1 heterocycles. The zero-order chi connectivity index (χ0) is 13.7. The number of rotatable bonds is 5. The number of aromatic nitrogens is 2. The van der Waals surface area contributed by atoms with E-state index in [-0.39, 0.29) is 0 Å². The van der Waals surface area contributed by atoms with Crippen LogP contribution in [0.15, 0.2) is 36.7 Å². The largest absolute Gasteiger partial charge is 0.359 e. The van der Waals surface area contributed by atoms with E-state index >= 15 is 0 Å². The van der Waals surface area contributed by atoms with E-state index in [1.54, 1.807) is 0 Å². The standard InChI is InChI=1S/C15H18ClN3/c1-3-13-14(16)17-11-18-15(13)19(2)10-9-12-7-5-4-6-8-12/h4-8,11H,3,9-10H2,1-2H3. The van der Waals surface area contributed by atoms with E-state index in [0.717, 1.165) is 30.8 Å². The Labute approximate surface area is 119 Å². The van der Waals surface area contributed by atoms with Crippen LogP contribution in [-0.2, 0) is 12.8 Å². The van der Waals surface area contributed by atoms with Crippen LogP contribution >= 0.6 is 11.6 Å². The first-order valence-electron chi connectivity index (χ1n) is 6.46. The summed E-state index contributed by atoms with van der Waals surface area (Å²) < 4.78 is 0. The molecule has 0 saturated heterocycles. The number of benzene rings is 1. The van der Waals surface area contributed by atoms with Crippen LogP contribution in [0.25, 0.3) is 0 Å². The quantitative estimate of drug-likeness (QED) is 0.784. The van der Waals surface area contributed by atoms with Crippen molar-refractivity contribution in [2.45, 2.75) is 19.8 Å². The van der Waals surface area contributed by atoms with Crippen molar-refractivity contribution < 1.29 is 0 Å². The third kappa shape index (κ3) is 3.44. The Morgan fingerprint density at radius 3 is 2.58 bits per heavy atom. The van der Waals surface area contributed by atoms with Gasteiger partial charge in [0.15, 0.2) is 0 Å². The lowest BCUT2D eigenvalue weighted by Gasteiger charge is -2.21. The fraction of sp³-hybridized carbons (Fsp3) is 0.333. The van der Waals surface area contributed by atoms with Gasteiger partial charge in [-0.05, 0) is 18.4 Å². The lowest BCUT2D eigenvalue weighted by molar-refractivity contribution is 0.842. The van der Waals surface area contributed by atoms with Gasteiger partial charge in [0, 0.05) is 19.2 Å². The minimum Gasteiger partial charge on any atom is -0.359 e. The van der Waals surface area contributed by atoms with Crippen LogP contribution in [0.1, 0.15) is 18.1 Å². The molecule has 0 spiro atoms. The molecule has 0 amide bonds. The SMILES string of the molecule is CCc1c(Cl)ncnc1N(C)CCc1ccccc1. The minimum atomic E-state index is 0.555. The summed E-state index contributed by atoms with van der Waals surface area (Å²) in [5, 5.41) is 0.555. The van der Waals surface area contributed by atoms with Crippen LogP contribution in [0.5, 0.6) is 0 Å². The van der Waals surface area contributed by atoms with Gasteiger partial charge in [-0.1, -0.05) is 48.9 Å². The molecule has 4 heteroatoms. The average molecular weight is 276 g/mol. The van der Waals surface area contributed by atoms with Gasteiger partial charge in [0.25, 0.3) is 0 Å². The normalized spacial score (nSPS) is 10.5. The summed E-state index contributed by atoms with van der Waals surface area (Å²) in [6, 6.07) is 10.4. The van der Waals surface area contributed by atoms with Crippen LogP contribution in [0.2, 0.25) is 5.15 Å². The Morgan fingerprint density at radius 1 is 1.16 bits per heavy atom. The first-order chi connectivity index (χ1) is 9.22. The number of likely N-dealkylation sites (N-methyl/N-ethyl adjacent to an activating group) is 1. The molecule has 1 aromatic carbocycles. The van der Waals surface area contributed by atoms with Crippen molar-refractivity contribution in [2.24, 2.45) is 0 Å². The summed E-state index contributed by atoms with van der Waals surface area (Å²) >= 11 is 6.11. The number of halogens is 1. The Hall–Kier alpha value is -1.61. The second-order valence-electron chi connectivity index (χ2n) is 4.48. The van der Waals surface area contributed by atoms with Crippen LogP contribution in [0, 0.1) is 0 Å². The maximum absolute atomic E-state index is 6.11. The Balaban J connectivity index is 2.08. The van der Waals surface area contributed by atoms with Crippen molar-refractivity contribution in [1.29, 1.82) is 0 Å². The van der Waals surface area contributed by atoms with Crippen LogP contribution in [-0.4, -0.2) is 23.6 Å². The summed E-state index contributed by atoms with van der Waals surface area (Å²) in [6.07, 6.45) is 3.35. The summed E-state index contributed by atoms with van der Waals surface area (Å²) in [4.78, 5) is 10.5. The monoisotopic (exact) mass is 275 g/mol.